The van der Waals surface area contributed by atoms with E-state index in [1.165, 1.54) is 12.1 Å². The highest BCUT2D eigenvalue weighted by molar-refractivity contribution is 5.68. The summed E-state index contributed by atoms with van der Waals surface area (Å²) in [7, 11) is 0. The van der Waals surface area contributed by atoms with E-state index in [1.807, 2.05) is 39.9 Å². The topological polar surface area (TPSA) is 68.1 Å². The fourth-order valence-corrected chi connectivity index (χ4v) is 3.76. The van der Waals surface area contributed by atoms with E-state index in [0.29, 0.717) is 44.1 Å². The number of halogens is 2. The molecule has 2 aromatic carbocycles. The summed E-state index contributed by atoms with van der Waals surface area (Å²) in [5.41, 5.74) is 2.94. The molecular weight excluding hydrogens is 426 g/mol. The predicted molar refractivity (Wildman–Crippen MR) is 121 cm³/mol. The van der Waals surface area contributed by atoms with Gasteiger partial charge in [0.05, 0.1) is 25.7 Å². The summed E-state index contributed by atoms with van der Waals surface area (Å²) in [6.45, 7) is 3.16. The van der Waals surface area contributed by atoms with Gasteiger partial charge in [-0.2, -0.15) is 0 Å². The molecule has 0 aliphatic carbocycles. The number of ether oxygens (including phenoxy) is 1. The Kier molecular flexibility index (Phi) is 5.95. The molecule has 33 heavy (non-hydrogen) atoms. The zero-order chi connectivity index (χ0) is 22.6. The van der Waals surface area contributed by atoms with Crippen molar-refractivity contribution in [1.29, 1.82) is 0 Å². The van der Waals surface area contributed by atoms with E-state index in [0.717, 1.165) is 17.4 Å². The molecule has 1 N–H and O–H groups in total. The zero-order valence-corrected chi connectivity index (χ0v) is 17.8. The Morgan fingerprint density at radius 3 is 2.61 bits per heavy atom. The molecule has 0 atom stereocenters. The fraction of sp³-hybridized carbons (Fsp3) is 0.208. The Morgan fingerprint density at radius 1 is 1.03 bits per heavy atom. The smallest absolute Gasteiger partial charge is 0.227 e. The number of benzene rings is 2. The van der Waals surface area contributed by atoms with Crippen molar-refractivity contribution in [3.63, 3.8) is 0 Å². The van der Waals surface area contributed by atoms with Crippen molar-refractivity contribution in [3.8, 4) is 11.3 Å². The van der Waals surface area contributed by atoms with Crippen LogP contribution in [0.1, 0.15) is 5.56 Å². The lowest BCUT2D eigenvalue weighted by Crippen LogP contribution is -2.36. The average molecular weight is 448 g/mol. The third kappa shape index (κ3) is 4.98. The summed E-state index contributed by atoms with van der Waals surface area (Å²) in [4.78, 5) is 14.4. The lowest BCUT2D eigenvalue weighted by molar-refractivity contribution is 0.122. The molecule has 3 heterocycles. The quantitative estimate of drug-likeness (QED) is 0.476. The Bertz CT molecular complexity index is 1220. The number of morpholine rings is 1. The summed E-state index contributed by atoms with van der Waals surface area (Å²) >= 11 is 0. The number of hydrogen-bond donors (Lipinski definition) is 1. The number of hydrogen-bond acceptors (Lipinski definition) is 6. The fourth-order valence-electron chi connectivity index (χ4n) is 3.76. The van der Waals surface area contributed by atoms with E-state index in [1.54, 1.807) is 18.6 Å². The molecule has 9 heteroatoms. The third-order valence-corrected chi connectivity index (χ3v) is 5.41. The molecule has 5 rings (SSSR count). The van der Waals surface area contributed by atoms with Crippen LogP contribution >= 0.6 is 0 Å². The first-order chi connectivity index (χ1) is 16.1. The number of nitrogens with zero attached hydrogens (tertiary/aromatic N) is 5. The lowest BCUT2D eigenvalue weighted by Gasteiger charge is -2.29. The van der Waals surface area contributed by atoms with E-state index in [-0.39, 0.29) is 11.6 Å². The molecule has 0 spiro atoms. The zero-order valence-electron chi connectivity index (χ0n) is 17.8. The van der Waals surface area contributed by atoms with Gasteiger partial charge >= 0.3 is 0 Å². The molecule has 4 aromatic rings. The van der Waals surface area contributed by atoms with Gasteiger partial charge in [-0.1, -0.05) is 12.1 Å². The van der Waals surface area contributed by atoms with E-state index < -0.39 is 11.6 Å². The van der Waals surface area contributed by atoms with Crippen molar-refractivity contribution < 1.29 is 13.5 Å². The molecule has 1 fully saturated rings. The van der Waals surface area contributed by atoms with Crippen LogP contribution in [-0.2, 0) is 11.3 Å². The standard InChI is InChI=1S/C24H22F2N6O/c25-19-11-18(12-21(13-19)32-7-9-33-10-8-32)23-22(26)14-28-24(30-23)29-20-3-1-17(2-4-20)15-31-6-5-27-16-31/h1-6,11-14,16H,7-10,15H2,(H,28,29,30). The predicted octanol–water partition coefficient (Wildman–Crippen LogP) is 4.25. The van der Waals surface area contributed by atoms with E-state index >= 15 is 0 Å². The first-order valence-corrected chi connectivity index (χ1v) is 10.6. The van der Waals surface area contributed by atoms with Gasteiger partial charge in [-0.3, -0.25) is 0 Å². The molecular formula is C24H22F2N6O. The highest BCUT2D eigenvalue weighted by Crippen LogP contribution is 2.28. The van der Waals surface area contributed by atoms with Crippen LogP contribution in [0.15, 0.2) is 67.4 Å². The number of nitrogens with one attached hydrogen (secondary N) is 1. The van der Waals surface area contributed by atoms with Crippen molar-refractivity contribution in [2.45, 2.75) is 6.54 Å². The SMILES string of the molecule is Fc1cc(-c2nc(Nc3ccc(Cn4ccnc4)cc3)ncc2F)cc(N2CCOCC2)c1. The number of anilines is 3. The summed E-state index contributed by atoms with van der Waals surface area (Å²) in [5, 5.41) is 3.09. The lowest BCUT2D eigenvalue weighted by atomic mass is 10.1. The molecule has 7 nitrogen and oxygen atoms in total. The maximum absolute atomic E-state index is 14.6. The van der Waals surface area contributed by atoms with Crippen LogP contribution in [0.2, 0.25) is 0 Å². The second-order valence-electron chi connectivity index (χ2n) is 7.74. The van der Waals surface area contributed by atoms with Gasteiger partial charge in [0.2, 0.25) is 5.95 Å². The monoisotopic (exact) mass is 448 g/mol. The minimum absolute atomic E-state index is 0.0400. The van der Waals surface area contributed by atoms with Crippen LogP contribution in [0.3, 0.4) is 0 Å². The van der Waals surface area contributed by atoms with Gasteiger partial charge in [-0.05, 0) is 35.9 Å². The highest BCUT2D eigenvalue weighted by Gasteiger charge is 2.16. The van der Waals surface area contributed by atoms with Crippen LogP contribution in [0, 0.1) is 11.6 Å². The molecule has 0 amide bonds. The summed E-state index contributed by atoms with van der Waals surface area (Å²) in [6.07, 6.45) is 6.49. The van der Waals surface area contributed by atoms with Gasteiger partial charge in [0.15, 0.2) is 5.82 Å². The van der Waals surface area contributed by atoms with Crippen molar-refractivity contribution in [3.05, 3.63) is 84.6 Å². The Morgan fingerprint density at radius 2 is 1.85 bits per heavy atom. The van der Waals surface area contributed by atoms with E-state index in [9.17, 15) is 8.78 Å². The van der Waals surface area contributed by atoms with Crippen LogP contribution in [0.25, 0.3) is 11.3 Å². The third-order valence-electron chi connectivity index (χ3n) is 5.41. The number of aromatic nitrogens is 4. The Balaban J connectivity index is 1.37. The maximum Gasteiger partial charge on any atom is 0.227 e. The molecule has 0 saturated carbocycles. The van der Waals surface area contributed by atoms with Gasteiger partial charge in [0, 0.05) is 49.0 Å². The second kappa shape index (κ2) is 9.33. The molecule has 0 radical (unpaired) electrons. The molecule has 0 bridgehead atoms. The van der Waals surface area contributed by atoms with Crippen molar-refractivity contribution in [2.75, 3.05) is 36.5 Å². The average Bonchev–Trinajstić information content (AvgIpc) is 3.35. The van der Waals surface area contributed by atoms with Gasteiger partial charge in [-0.25, -0.2) is 23.7 Å². The van der Waals surface area contributed by atoms with Crippen LogP contribution in [0.5, 0.6) is 0 Å². The van der Waals surface area contributed by atoms with Crippen molar-refractivity contribution >= 4 is 17.3 Å². The Hall–Kier alpha value is -3.85. The Labute approximate surface area is 189 Å². The summed E-state index contributed by atoms with van der Waals surface area (Å²) in [6, 6.07) is 12.2. The molecule has 1 aliphatic rings. The summed E-state index contributed by atoms with van der Waals surface area (Å²) < 4.78 is 36.3. The summed E-state index contributed by atoms with van der Waals surface area (Å²) in [5.74, 6) is -0.837. The van der Waals surface area contributed by atoms with Crippen LogP contribution in [0.4, 0.5) is 26.1 Å². The number of rotatable bonds is 6. The van der Waals surface area contributed by atoms with Crippen LogP contribution in [-0.4, -0.2) is 45.8 Å². The van der Waals surface area contributed by atoms with Gasteiger partial charge < -0.3 is 19.5 Å². The molecule has 2 aromatic heterocycles. The molecule has 0 unspecified atom stereocenters. The van der Waals surface area contributed by atoms with E-state index in [2.05, 4.69) is 20.3 Å². The van der Waals surface area contributed by atoms with Gasteiger partial charge in [0.25, 0.3) is 0 Å². The van der Waals surface area contributed by atoms with E-state index in [4.69, 9.17) is 4.74 Å². The molecule has 1 aliphatic heterocycles. The minimum Gasteiger partial charge on any atom is -0.378 e. The van der Waals surface area contributed by atoms with Crippen molar-refractivity contribution in [1.82, 2.24) is 19.5 Å². The highest BCUT2D eigenvalue weighted by atomic mass is 19.1. The maximum atomic E-state index is 14.6. The minimum atomic E-state index is -0.616. The van der Waals surface area contributed by atoms with Crippen molar-refractivity contribution in [2.24, 2.45) is 0 Å². The normalized spacial score (nSPS) is 13.8. The largest absolute Gasteiger partial charge is 0.378 e. The van der Waals surface area contributed by atoms with Gasteiger partial charge in [-0.15, -0.1) is 0 Å². The van der Waals surface area contributed by atoms with Gasteiger partial charge in [0.1, 0.15) is 11.5 Å². The number of imidazole rings is 1. The first kappa shape index (κ1) is 21.0. The second-order valence-corrected chi connectivity index (χ2v) is 7.74. The van der Waals surface area contributed by atoms with Crippen LogP contribution < -0.4 is 10.2 Å². The molecule has 168 valence electrons. The molecule has 1 saturated heterocycles. The first-order valence-electron chi connectivity index (χ1n) is 10.6.